The molecule has 0 atom stereocenters. The first-order valence-corrected chi connectivity index (χ1v) is 5.62. The molecule has 0 unspecified atom stereocenters. The van der Waals surface area contributed by atoms with E-state index in [-0.39, 0.29) is 0 Å². The summed E-state index contributed by atoms with van der Waals surface area (Å²) >= 11 is 0. The van der Waals surface area contributed by atoms with Crippen molar-refractivity contribution in [2.45, 2.75) is 18.9 Å². The maximum absolute atomic E-state index is 5.87. The molecule has 2 heterocycles. The van der Waals surface area contributed by atoms with Crippen LogP contribution in [-0.2, 0) is 4.74 Å². The Kier molecular flexibility index (Phi) is 3.75. The van der Waals surface area contributed by atoms with Crippen LogP contribution >= 0.6 is 0 Å². The smallest absolute Gasteiger partial charge is 0.0594 e. The summed E-state index contributed by atoms with van der Waals surface area (Å²) in [6.07, 6.45) is 2.31. The predicted octanol–water partition coefficient (Wildman–Crippen LogP) is -0.301. The van der Waals surface area contributed by atoms with Gasteiger partial charge in [0.25, 0.3) is 0 Å². The molecule has 0 aromatic heterocycles. The van der Waals surface area contributed by atoms with Crippen LogP contribution in [0.25, 0.3) is 0 Å². The summed E-state index contributed by atoms with van der Waals surface area (Å²) in [5, 5.41) is 0. The van der Waals surface area contributed by atoms with E-state index in [1.807, 2.05) is 0 Å². The molecule has 0 saturated carbocycles. The third-order valence-corrected chi connectivity index (χ3v) is 3.14. The molecule has 0 spiro atoms. The molecule has 2 aliphatic heterocycles. The summed E-state index contributed by atoms with van der Waals surface area (Å²) < 4.78 is 5.33. The number of nitrogens with zero attached hydrogens (tertiary/aromatic N) is 2. The van der Waals surface area contributed by atoms with Crippen LogP contribution in [0, 0.1) is 0 Å². The van der Waals surface area contributed by atoms with Crippen molar-refractivity contribution >= 4 is 0 Å². The number of hydrogen-bond donors (Lipinski definition) is 1. The van der Waals surface area contributed by atoms with Crippen molar-refractivity contribution in [3.63, 3.8) is 0 Å². The molecule has 82 valence electrons. The topological polar surface area (TPSA) is 41.7 Å². The first kappa shape index (κ1) is 10.4. The van der Waals surface area contributed by atoms with E-state index < -0.39 is 0 Å². The Morgan fingerprint density at radius 2 is 1.57 bits per heavy atom. The lowest BCUT2D eigenvalue weighted by Gasteiger charge is -2.36. The van der Waals surface area contributed by atoms with E-state index in [1.165, 1.54) is 13.1 Å². The second-order valence-electron chi connectivity index (χ2n) is 4.33. The fourth-order valence-corrected chi connectivity index (χ4v) is 2.12. The minimum atomic E-state index is 0.441. The van der Waals surface area contributed by atoms with Gasteiger partial charge in [-0.2, -0.15) is 0 Å². The van der Waals surface area contributed by atoms with Gasteiger partial charge < -0.3 is 10.5 Å². The van der Waals surface area contributed by atoms with E-state index in [4.69, 9.17) is 10.5 Å². The molecule has 0 amide bonds. The summed E-state index contributed by atoms with van der Waals surface area (Å²) in [6.45, 7) is 7.40. The van der Waals surface area contributed by atoms with Gasteiger partial charge in [-0.05, 0) is 12.8 Å². The average Bonchev–Trinajstić information content (AvgIpc) is 2.23. The molecule has 4 nitrogen and oxygen atoms in total. The van der Waals surface area contributed by atoms with E-state index in [1.54, 1.807) is 0 Å². The number of likely N-dealkylation sites (tertiary alicyclic amines) is 1. The number of morpholine rings is 1. The van der Waals surface area contributed by atoms with Gasteiger partial charge in [-0.15, -0.1) is 0 Å². The Bertz CT molecular complexity index is 163. The second kappa shape index (κ2) is 5.07. The van der Waals surface area contributed by atoms with Crippen LogP contribution in [0.4, 0.5) is 0 Å². The van der Waals surface area contributed by atoms with Crippen molar-refractivity contribution in [1.82, 2.24) is 9.80 Å². The largest absolute Gasteiger partial charge is 0.379 e. The Morgan fingerprint density at radius 1 is 1.00 bits per heavy atom. The molecule has 2 aliphatic rings. The summed E-state index contributed by atoms with van der Waals surface area (Å²) in [4.78, 5) is 4.98. The molecule has 0 bridgehead atoms. The zero-order valence-electron chi connectivity index (χ0n) is 8.82. The van der Waals surface area contributed by atoms with Crippen LogP contribution in [0.5, 0.6) is 0 Å². The molecule has 0 radical (unpaired) electrons. The zero-order chi connectivity index (χ0) is 9.80. The van der Waals surface area contributed by atoms with E-state index in [0.29, 0.717) is 6.04 Å². The standard InChI is InChI=1S/C10H21N3O/c11-10-1-3-12(4-2-10)9-13-5-7-14-8-6-13/h10H,1-9,11H2. The summed E-state index contributed by atoms with van der Waals surface area (Å²) in [5.74, 6) is 0. The Labute approximate surface area is 86.0 Å². The highest BCUT2D eigenvalue weighted by Gasteiger charge is 2.19. The molecule has 2 saturated heterocycles. The number of ether oxygens (including phenoxy) is 1. The Morgan fingerprint density at radius 3 is 2.21 bits per heavy atom. The maximum Gasteiger partial charge on any atom is 0.0594 e. The van der Waals surface area contributed by atoms with Gasteiger partial charge in [0.05, 0.1) is 19.9 Å². The molecule has 2 rings (SSSR count). The fourth-order valence-electron chi connectivity index (χ4n) is 2.12. The van der Waals surface area contributed by atoms with Crippen molar-refractivity contribution in [2.75, 3.05) is 46.1 Å². The lowest BCUT2D eigenvalue weighted by atomic mass is 10.1. The molecule has 0 aromatic rings. The van der Waals surface area contributed by atoms with Crippen molar-refractivity contribution < 1.29 is 4.74 Å². The molecule has 2 N–H and O–H groups in total. The molecule has 14 heavy (non-hydrogen) atoms. The molecular formula is C10H21N3O. The number of nitrogens with two attached hydrogens (primary N) is 1. The van der Waals surface area contributed by atoms with Crippen molar-refractivity contribution in [2.24, 2.45) is 5.73 Å². The normalized spacial score (nSPS) is 28.1. The Balaban J connectivity index is 1.68. The molecular weight excluding hydrogens is 178 g/mol. The lowest BCUT2D eigenvalue weighted by Crippen LogP contribution is -2.48. The van der Waals surface area contributed by atoms with E-state index in [0.717, 1.165) is 45.8 Å². The van der Waals surface area contributed by atoms with Gasteiger partial charge in [0.1, 0.15) is 0 Å². The average molecular weight is 199 g/mol. The van der Waals surface area contributed by atoms with Crippen LogP contribution < -0.4 is 5.73 Å². The van der Waals surface area contributed by atoms with Gasteiger partial charge in [0.15, 0.2) is 0 Å². The molecule has 4 heteroatoms. The fraction of sp³-hybridized carbons (Fsp3) is 1.00. The van der Waals surface area contributed by atoms with Gasteiger partial charge in [0, 0.05) is 32.2 Å². The lowest BCUT2D eigenvalue weighted by molar-refractivity contribution is 0.00524. The SMILES string of the molecule is NC1CCN(CN2CCOCC2)CC1. The highest BCUT2D eigenvalue weighted by molar-refractivity contribution is 4.74. The third kappa shape index (κ3) is 2.92. The maximum atomic E-state index is 5.87. The highest BCUT2D eigenvalue weighted by Crippen LogP contribution is 2.09. The van der Waals surface area contributed by atoms with Crippen molar-refractivity contribution in [1.29, 1.82) is 0 Å². The minimum absolute atomic E-state index is 0.441. The second-order valence-corrected chi connectivity index (χ2v) is 4.33. The molecule has 0 aliphatic carbocycles. The van der Waals surface area contributed by atoms with E-state index >= 15 is 0 Å². The van der Waals surface area contributed by atoms with Crippen LogP contribution in [0.1, 0.15) is 12.8 Å². The number of rotatable bonds is 2. The van der Waals surface area contributed by atoms with Crippen molar-refractivity contribution in [3.8, 4) is 0 Å². The third-order valence-electron chi connectivity index (χ3n) is 3.14. The summed E-state index contributed by atoms with van der Waals surface area (Å²) in [6, 6.07) is 0.441. The van der Waals surface area contributed by atoms with Gasteiger partial charge in [-0.25, -0.2) is 0 Å². The minimum Gasteiger partial charge on any atom is -0.379 e. The van der Waals surface area contributed by atoms with Crippen LogP contribution in [-0.4, -0.2) is 61.9 Å². The van der Waals surface area contributed by atoms with Crippen molar-refractivity contribution in [3.05, 3.63) is 0 Å². The quantitative estimate of drug-likeness (QED) is 0.663. The van der Waals surface area contributed by atoms with Gasteiger partial charge >= 0.3 is 0 Å². The molecule has 2 fully saturated rings. The van der Waals surface area contributed by atoms with Crippen LogP contribution in [0.2, 0.25) is 0 Å². The zero-order valence-corrected chi connectivity index (χ0v) is 8.82. The highest BCUT2D eigenvalue weighted by atomic mass is 16.5. The van der Waals surface area contributed by atoms with Crippen LogP contribution in [0.3, 0.4) is 0 Å². The Hall–Kier alpha value is -0.160. The van der Waals surface area contributed by atoms with Gasteiger partial charge in [0.2, 0.25) is 0 Å². The first-order valence-electron chi connectivity index (χ1n) is 5.62. The molecule has 0 aromatic carbocycles. The first-order chi connectivity index (χ1) is 6.84. The van der Waals surface area contributed by atoms with Gasteiger partial charge in [-0.1, -0.05) is 0 Å². The monoisotopic (exact) mass is 199 g/mol. The van der Waals surface area contributed by atoms with E-state index in [9.17, 15) is 0 Å². The summed E-state index contributed by atoms with van der Waals surface area (Å²) in [5.41, 5.74) is 5.87. The number of piperidine rings is 1. The predicted molar refractivity (Wildman–Crippen MR) is 56.0 cm³/mol. The van der Waals surface area contributed by atoms with Crippen LogP contribution in [0.15, 0.2) is 0 Å². The summed E-state index contributed by atoms with van der Waals surface area (Å²) in [7, 11) is 0. The van der Waals surface area contributed by atoms with Gasteiger partial charge in [-0.3, -0.25) is 9.80 Å². The number of hydrogen-bond acceptors (Lipinski definition) is 4. The van der Waals surface area contributed by atoms with E-state index in [2.05, 4.69) is 9.80 Å².